The number of rotatable bonds is 8. The van der Waals surface area contributed by atoms with Gasteiger partial charge >= 0.3 is 0 Å². The summed E-state index contributed by atoms with van der Waals surface area (Å²) >= 11 is 0. The Morgan fingerprint density at radius 1 is 1.12 bits per heavy atom. The molecule has 0 aliphatic heterocycles. The standard InChI is InChI=1S/C18H20N6O2/c19-18-21-22-23-24(18)13-17(25)20-15-10-4-5-11-16(15)26-12-6-9-14-7-2-1-3-8-14/h1-5,7-8,10-11H,6,9,12-13H2,(H,20,25)(H2,19,21,23). The Morgan fingerprint density at radius 3 is 2.65 bits per heavy atom. The Kier molecular flexibility index (Phi) is 5.76. The number of nitrogens with one attached hydrogen (secondary N) is 1. The monoisotopic (exact) mass is 352 g/mol. The van der Waals surface area contributed by atoms with Gasteiger partial charge in [-0.15, -0.1) is 0 Å². The number of amides is 1. The molecule has 0 saturated heterocycles. The number of nitrogen functional groups attached to an aromatic ring is 1. The van der Waals surface area contributed by atoms with Crippen LogP contribution in [0.5, 0.6) is 5.75 Å². The van der Waals surface area contributed by atoms with E-state index in [9.17, 15) is 4.79 Å². The van der Waals surface area contributed by atoms with E-state index in [4.69, 9.17) is 10.5 Å². The number of nitrogens with zero attached hydrogens (tertiary/aromatic N) is 4. The predicted octanol–water partition coefficient (Wildman–Crippen LogP) is 1.91. The van der Waals surface area contributed by atoms with E-state index in [-0.39, 0.29) is 18.4 Å². The number of tetrazole rings is 1. The summed E-state index contributed by atoms with van der Waals surface area (Å²) in [5, 5.41) is 13.4. The van der Waals surface area contributed by atoms with E-state index in [1.165, 1.54) is 10.2 Å². The highest BCUT2D eigenvalue weighted by molar-refractivity contribution is 5.92. The van der Waals surface area contributed by atoms with Crippen LogP contribution in [0.1, 0.15) is 12.0 Å². The first-order valence-electron chi connectivity index (χ1n) is 8.29. The number of nitrogens with two attached hydrogens (primary N) is 1. The van der Waals surface area contributed by atoms with E-state index in [2.05, 4.69) is 33.0 Å². The van der Waals surface area contributed by atoms with Crippen LogP contribution >= 0.6 is 0 Å². The molecule has 0 unspecified atom stereocenters. The number of aryl methyl sites for hydroxylation is 1. The number of anilines is 2. The smallest absolute Gasteiger partial charge is 0.246 e. The van der Waals surface area contributed by atoms with Crippen molar-refractivity contribution in [1.29, 1.82) is 0 Å². The third kappa shape index (κ3) is 4.79. The van der Waals surface area contributed by atoms with Gasteiger partial charge in [0, 0.05) is 0 Å². The van der Waals surface area contributed by atoms with Crippen molar-refractivity contribution in [3.8, 4) is 5.75 Å². The molecule has 0 spiro atoms. The van der Waals surface area contributed by atoms with Crippen LogP contribution in [-0.2, 0) is 17.8 Å². The van der Waals surface area contributed by atoms with Crippen LogP contribution in [0.3, 0.4) is 0 Å². The highest BCUT2D eigenvalue weighted by Gasteiger charge is 2.11. The van der Waals surface area contributed by atoms with Crippen LogP contribution in [0.2, 0.25) is 0 Å². The molecule has 3 aromatic rings. The molecule has 0 aliphatic carbocycles. The van der Waals surface area contributed by atoms with Gasteiger partial charge < -0.3 is 15.8 Å². The van der Waals surface area contributed by atoms with Gasteiger partial charge in [-0.1, -0.05) is 47.6 Å². The van der Waals surface area contributed by atoms with Crippen LogP contribution < -0.4 is 15.8 Å². The van der Waals surface area contributed by atoms with Gasteiger partial charge in [0.2, 0.25) is 11.9 Å². The van der Waals surface area contributed by atoms with Gasteiger partial charge in [0.05, 0.1) is 12.3 Å². The first-order chi connectivity index (χ1) is 12.7. The number of carbonyl (C=O) groups excluding carboxylic acids is 1. The second-order valence-corrected chi connectivity index (χ2v) is 5.68. The molecular weight excluding hydrogens is 332 g/mol. The maximum Gasteiger partial charge on any atom is 0.246 e. The van der Waals surface area contributed by atoms with Gasteiger partial charge in [-0.05, 0) is 41.0 Å². The largest absolute Gasteiger partial charge is 0.491 e. The first kappa shape index (κ1) is 17.4. The normalized spacial score (nSPS) is 10.5. The Hall–Kier alpha value is -3.42. The molecule has 8 heteroatoms. The summed E-state index contributed by atoms with van der Waals surface area (Å²) in [6.45, 7) is 0.489. The zero-order valence-corrected chi connectivity index (χ0v) is 14.2. The molecule has 0 radical (unpaired) electrons. The van der Waals surface area contributed by atoms with Gasteiger partial charge in [0.1, 0.15) is 12.3 Å². The summed E-state index contributed by atoms with van der Waals surface area (Å²) in [6, 6.07) is 17.5. The molecule has 26 heavy (non-hydrogen) atoms. The summed E-state index contributed by atoms with van der Waals surface area (Å²) in [6.07, 6.45) is 1.82. The Balaban J connectivity index is 1.52. The van der Waals surface area contributed by atoms with E-state index >= 15 is 0 Å². The summed E-state index contributed by atoms with van der Waals surface area (Å²) < 4.78 is 7.05. The number of hydrogen-bond donors (Lipinski definition) is 2. The summed E-state index contributed by atoms with van der Waals surface area (Å²) in [5.74, 6) is 0.425. The Bertz CT molecular complexity index is 850. The molecule has 134 valence electrons. The second-order valence-electron chi connectivity index (χ2n) is 5.68. The van der Waals surface area contributed by atoms with Gasteiger partial charge in [-0.2, -0.15) is 0 Å². The van der Waals surface area contributed by atoms with E-state index in [1.54, 1.807) is 6.07 Å². The maximum absolute atomic E-state index is 12.2. The van der Waals surface area contributed by atoms with Crippen molar-refractivity contribution in [2.24, 2.45) is 0 Å². The minimum Gasteiger partial charge on any atom is -0.491 e. The van der Waals surface area contributed by atoms with Crippen LogP contribution in [-0.4, -0.2) is 32.7 Å². The fraction of sp³-hybridized carbons (Fsp3) is 0.222. The van der Waals surface area contributed by atoms with Gasteiger partial charge in [-0.25, -0.2) is 4.68 Å². The van der Waals surface area contributed by atoms with Gasteiger partial charge in [0.25, 0.3) is 0 Å². The van der Waals surface area contributed by atoms with Gasteiger partial charge in [0.15, 0.2) is 0 Å². The Morgan fingerprint density at radius 2 is 1.88 bits per heavy atom. The molecule has 1 amide bonds. The minimum atomic E-state index is -0.288. The molecule has 1 aromatic heterocycles. The third-order valence-corrected chi connectivity index (χ3v) is 3.72. The van der Waals surface area contributed by atoms with Crippen LogP contribution in [0.25, 0.3) is 0 Å². The van der Waals surface area contributed by atoms with Crippen molar-refractivity contribution >= 4 is 17.5 Å². The number of aromatic nitrogens is 4. The molecule has 3 N–H and O–H groups in total. The highest BCUT2D eigenvalue weighted by Crippen LogP contribution is 2.24. The topological polar surface area (TPSA) is 108 Å². The maximum atomic E-state index is 12.2. The molecule has 0 atom stereocenters. The second kappa shape index (κ2) is 8.61. The average molecular weight is 352 g/mol. The lowest BCUT2D eigenvalue weighted by Crippen LogP contribution is -2.21. The van der Waals surface area contributed by atoms with E-state index in [1.807, 2.05) is 36.4 Å². The highest BCUT2D eigenvalue weighted by atomic mass is 16.5. The number of benzene rings is 2. The van der Waals surface area contributed by atoms with Crippen molar-refractivity contribution in [1.82, 2.24) is 20.2 Å². The summed E-state index contributed by atoms with van der Waals surface area (Å²) in [4.78, 5) is 12.2. The van der Waals surface area contributed by atoms with Gasteiger partial charge in [-0.3, -0.25) is 4.79 Å². The van der Waals surface area contributed by atoms with Crippen molar-refractivity contribution < 1.29 is 9.53 Å². The number of hydrogen-bond acceptors (Lipinski definition) is 6. The Labute approximate surface area is 151 Å². The summed E-state index contributed by atoms with van der Waals surface area (Å²) in [7, 11) is 0. The van der Waals surface area contributed by atoms with Crippen molar-refractivity contribution in [3.05, 3.63) is 60.2 Å². The summed E-state index contributed by atoms with van der Waals surface area (Å²) in [5.41, 5.74) is 7.44. The molecule has 0 aliphatic rings. The molecule has 0 saturated carbocycles. The fourth-order valence-electron chi connectivity index (χ4n) is 2.45. The third-order valence-electron chi connectivity index (χ3n) is 3.72. The lowest BCUT2D eigenvalue weighted by Gasteiger charge is -2.12. The van der Waals surface area contributed by atoms with E-state index < -0.39 is 0 Å². The SMILES string of the molecule is Nc1nnnn1CC(=O)Nc1ccccc1OCCCc1ccccc1. The predicted molar refractivity (Wildman–Crippen MR) is 97.6 cm³/mol. The zero-order chi connectivity index (χ0) is 18.2. The lowest BCUT2D eigenvalue weighted by atomic mass is 10.1. The lowest BCUT2D eigenvalue weighted by molar-refractivity contribution is -0.116. The fourth-order valence-corrected chi connectivity index (χ4v) is 2.45. The van der Waals surface area contributed by atoms with Crippen molar-refractivity contribution in [2.75, 3.05) is 17.7 Å². The average Bonchev–Trinajstić information content (AvgIpc) is 3.05. The molecule has 0 fully saturated rings. The quantitative estimate of drug-likeness (QED) is 0.600. The van der Waals surface area contributed by atoms with Crippen molar-refractivity contribution in [3.63, 3.8) is 0 Å². The molecule has 3 rings (SSSR count). The molecule has 0 bridgehead atoms. The molecule has 2 aromatic carbocycles. The molecule has 1 heterocycles. The molecule has 8 nitrogen and oxygen atoms in total. The minimum absolute atomic E-state index is 0.0683. The van der Waals surface area contributed by atoms with E-state index in [0.29, 0.717) is 18.0 Å². The molecular formula is C18H20N6O2. The number of ether oxygens (including phenoxy) is 1. The van der Waals surface area contributed by atoms with Crippen molar-refractivity contribution in [2.45, 2.75) is 19.4 Å². The first-order valence-corrected chi connectivity index (χ1v) is 8.29. The zero-order valence-electron chi connectivity index (χ0n) is 14.2. The number of carbonyl (C=O) groups is 1. The van der Waals surface area contributed by atoms with E-state index in [0.717, 1.165) is 12.8 Å². The van der Waals surface area contributed by atoms with Crippen LogP contribution in [0.15, 0.2) is 54.6 Å². The number of para-hydroxylation sites is 2. The van der Waals surface area contributed by atoms with Crippen LogP contribution in [0.4, 0.5) is 11.6 Å². The van der Waals surface area contributed by atoms with Crippen LogP contribution in [0, 0.1) is 0 Å².